The molecule has 0 heterocycles. The van der Waals surface area contributed by atoms with E-state index in [2.05, 4.69) is 32.1 Å². The second-order valence-electron chi connectivity index (χ2n) is 1.80. The molecule has 0 atom stereocenters. The molecule has 0 bridgehead atoms. The molecule has 0 aliphatic rings. The summed E-state index contributed by atoms with van der Waals surface area (Å²) in [5.74, 6) is 0. The minimum atomic E-state index is 0. The summed E-state index contributed by atoms with van der Waals surface area (Å²) in [4.78, 5) is 2.26. The number of nitrogens with zero attached hydrogens (tertiary/aromatic N) is 1. The Balaban J connectivity index is 0. The summed E-state index contributed by atoms with van der Waals surface area (Å²) in [6.45, 7) is 11.1. The molecule has 0 aliphatic heterocycles. The van der Waals surface area contributed by atoms with Crippen LogP contribution in [0.3, 0.4) is 0 Å². The van der Waals surface area contributed by atoms with Crippen LogP contribution < -0.4 is 68.9 Å². The van der Waals surface area contributed by atoms with Crippen molar-refractivity contribution in [3.8, 4) is 0 Å². The van der Waals surface area contributed by atoms with Crippen molar-refractivity contribution in [1.82, 2.24) is 4.90 Å². The molecule has 0 aliphatic carbocycles. The van der Waals surface area contributed by atoms with Gasteiger partial charge in [0, 0.05) is 0 Å². The van der Waals surface area contributed by atoms with E-state index in [0.717, 1.165) is 19.6 Å². The van der Waals surface area contributed by atoms with Gasteiger partial charge in [0.1, 0.15) is 0 Å². The SMILES string of the molecule is [CH2-]CN(CC)C[CH-]C.[Cs+]. The number of hydrogen-bond acceptors (Lipinski definition) is 1. The Morgan fingerprint density at radius 3 is 2.22 bits per heavy atom. The fourth-order valence-corrected chi connectivity index (χ4v) is 0.637. The van der Waals surface area contributed by atoms with Gasteiger partial charge in [0.15, 0.2) is 0 Å². The average molecular weight is 246 g/mol. The van der Waals surface area contributed by atoms with E-state index in [1.54, 1.807) is 0 Å². The summed E-state index contributed by atoms with van der Waals surface area (Å²) in [7, 11) is 0. The molecule has 0 spiro atoms. The first-order valence-corrected chi connectivity index (χ1v) is 3.14. The van der Waals surface area contributed by atoms with Gasteiger partial charge in [-0.25, -0.2) is 0 Å². The summed E-state index contributed by atoms with van der Waals surface area (Å²) in [6, 6.07) is 0. The molecule has 0 radical (unpaired) electrons. The Hall–Kier alpha value is 2.01. The van der Waals surface area contributed by atoms with Gasteiger partial charge in [-0.3, -0.25) is 0 Å². The van der Waals surface area contributed by atoms with Crippen LogP contribution in [0.2, 0.25) is 0 Å². The molecule has 0 saturated heterocycles. The molecule has 0 aromatic carbocycles. The van der Waals surface area contributed by atoms with Crippen LogP contribution in [0.15, 0.2) is 0 Å². The molecule has 0 aromatic rings. The van der Waals surface area contributed by atoms with Crippen LogP contribution in [0, 0.1) is 13.3 Å². The van der Waals surface area contributed by atoms with Crippen LogP contribution in [0.5, 0.6) is 0 Å². The molecule has 0 amide bonds. The normalized spacial score (nSPS) is 9.33. The van der Waals surface area contributed by atoms with Gasteiger partial charge in [-0.15, -0.1) is 13.1 Å². The van der Waals surface area contributed by atoms with Crippen molar-refractivity contribution in [2.45, 2.75) is 13.8 Å². The second-order valence-corrected chi connectivity index (χ2v) is 1.80. The maximum Gasteiger partial charge on any atom is 1.00 e. The Morgan fingerprint density at radius 1 is 1.56 bits per heavy atom. The number of rotatable bonds is 4. The first-order valence-electron chi connectivity index (χ1n) is 3.14. The maximum atomic E-state index is 3.78. The van der Waals surface area contributed by atoms with Gasteiger partial charge in [0.25, 0.3) is 0 Å². The van der Waals surface area contributed by atoms with Gasteiger partial charge in [-0.2, -0.15) is 6.92 Å². The fourth-order valence-electron chi connectivity index (χ4n) is 0.637. The van der Waals surface area contributed by atoms with Crippen molar-refractivity contribution < 1.29 is 68.9 Å². The van der Waals surface area contributed by atoms with E-state index in [9.17, 15) is 0 Å². The zero-order valence-electron chi connectivity index (χ0n) is 6.85. The Labute approximate surface area is 118 Å². The summed E-state index contributed by atoms with van der Waals surface area (Å²) in [6.07, 6.45) is 2.15. The molecule has 1 nitrogen and oxygen atoms in total. The summed E-state index contributed by atoms with van der Waals surface area (Å²) >= 11 is 0. The van der Waals surface area contributed by atoms with Crippen LogP contribution in [0.25, 0.3) is 0 Å². The van der Waals surface area contributed by atoms with E-state index in [4.69, 9.17) is 0 Å². The standard InChI is InChI=1S/C7H15N.Cs/c1-4-7-8(5-2)6-3;/h4H,2,5-7H2,1,3H3;/q-2;+1. The first kappa shape index (κ1) is 13.6. The molecule has 0 rings (SSSR count). The molecule has 0 fully saturated rings. The first-order chi connectivity index (χ1) is 3.85. The molecule has 2 heteroatoms. The van der Waals surface area contributed by atoms with Crippen LogP contribution in [0.4, 0.5) is 0 Å². The van der Waals surface area contributed by atoms with Crippen LogP contribution in [-0.2, 0) is 0 Å². The summed E-state index contributed by atoms with van der Waals surface area (Å²) in [5, 5.41) is 0. The molecule has 0 N–H and O–H groups in total. The van der Waals surface area contributed by atoms with Gasteiger partial charge in [-0.1, -0.05) is 6.92 Å². The van der Waals surface area contributed by atoms with E-state index in [0.29, 0.717) is 0 Å². The molecular weight excluding hydrogens is 231 g/mol. The van der Waals surface area contributed by atoms with Gasteiger partial charge in [0.2, 0.25) is 0 Å². The monoisotopic (exact) mass is 246 g/mol. The largest absolute Gasteiger partial charge is 1.00 e. The van der Waals surface area contributed by atoms with E-state index in [1.165, 1.54) is 0 Å². The average Bonchev–Trinajstić information content (AvgIpc) is 1.83. The predicted molar refractivity (Wildman–Crippen MR) is 37.4 cm³/mol. The van der Waals surface area contributed by atoms with Crippen molar-refractivity contribution in [3.05, 3.63) is 13.3 Å². The van der Waals surface area contributed by atoms with Crippen molar-refractivity contribution in [3.63, 3.8) is 0 Å². The van der Waals surface area contributed by atoms with E-state index in [1.807, 2.05) is 0 Å². The maximum absolute atomic E-state index is 3.78. The molecule has 9 heavy (non-hydrogen) atoms. The minimum Gasteiger partial charge on any atom is -0.363 e. The van der Waals surface area contributed by atoms with Gasteiger partial charge >= 0.3 is 68.9 Å². The molecule has 0 unspecified atom stereocenters. The zero-order chi connectivity index (χ0) is 6.41. The van der Waals surface area contributed by atoms with Crippen LogP contribution in [0.1, 0.15) is 13.8 Å². The Kier molecular flexibility index (Phi) is 15.1. The van der Waals surface area contributed by atoms with E-state index >= 15 is 0 Å². The van der Waals surface area contributed by atoms with Crippen molar-refractivity contribution in [1.29, 1.82) is 0 Å². The quantitative estimate of drug-likeness (QED) is 0.538. The zero-order valence-corrected chi connectivity index (χ0v) is 13.1. The predicted octanol–water partition coefficient (Wildman–Crippen LogP) is -1.63. The van der Waals surface area contributed by atoms with E-state index in [-0.39, 0.29) is 68.9 Å². The molecule has 0 saturated carbocycles. The fraction of sp³-hybridized carbons (Fsp3) is 0.714. The topological polar surface area (TPSA) is 3.24 Å². The minimum absolute atomic E-state index is 0. The van der Waals surface area contributed by atoms with Crippen molar-refractivity contribution >= 4 is 0 Å². The molecule has 0 aromatic heterocycles. The molecular formula is C7H15CsN-. The van der Waals surface area contributed by atoms with E-state index < -0.39 is 0 Å². The van der Waals surface area contributed by atoms with Crippen LogP contribution in [-0.4, -0.2) is 24.5 Å². The van der Waals surface area contributed by atoms with Gasteiger partial charge < -0.3 is 18.2 Å². The molecule has 50 valence electrons. The number of hydrogen-bond donors (Lipinski definition) is 0. The third-order valence-electron chi connectivity index (χ3n) is 1.20. The summed E-state index contributed by atoms with van der Waals surface area (Å²) in [5.41, 5.74) is 0. The van der Waals surface area contributed by atoms with Gasteiger partial charge in [-0.05, 0) is 6.54 Å². The third-order valence-corrected chi connectivity index (χ3v) is 1.20. The smallest absolute Gasteiger partial charge is 0.363 e. The van der Waals surface area contributed by atoms with Crippen molar-refractivity contribution in [2.24, 2.45) is 0 Å². The Bertz CT molecular complexity index is 44.2. The second kappa shape index (κ2) is 10.0. The van der Waals surface area contributed by atoms with Crippen molar-refractivity contribution in [2.75, 3.05) is 19.6 Å². The van der Waals surface area contributed by atoms with Crippen LogP contribution >= 0.6 is 0 Å². The third kappa shape index (κ3) is 7.91. The van der Waals surface area contributed by atoms with Gasteiger partial charge in [0.05, 0.1) is 0 Å². The Morgan fingerprint density at radius 2 is 2.11 bits per heavy atom. The summed E-state index contributed by atoms with van der Waals surface area (Å²) < 4.78 is 0.